The van der Waals surface area contributed by atoms with Crippen molar-refractivity contribution in [1.29, 1.82) is 0 Å². The third kappa shape index (κ3) is 4.30. The maximum absolute atomic E-state index is 11.6. The molecule has 0 heterocycles. The molecule has 0 aliphatic carbocycles. The highest BCUT2D eigenvalue weighted by molar-refractivity contribution is 9.10. The molecule has 1 aromatic carbocycles. The summed E-state index contributed by atoms with van der Waals surface area (Å²) in [5, 5.41) is 3.05. The molecule has 80 valence electrons. The Labute approximate surface area is 98.5 Å². The van der Waals surface area contributed by atoms with Gasteiger partial charge >= 0.3 is 0 Å². The smallest absolute Gasteiger partial charge is 0.187 e. The van der Waals surface area contributed by atoms with Gasteiger partial charge in [-0.25, -0.2) is 0 Å². The maximum Gasteiger partial charge on any atom is 0.187 e. The molecule has 3 heteroatoms. The molecule has 2 nitrogen and oxygen atoms in total. The van der Waals surface area contributed by atoms with E-state index in [4.69, 9.17) is 0 Å². The summed E-state index contributed by atoms with van der Waals surface area (Å²) >= 11 is 3.32. The molecule has 1 N–H and O–H groups in total. The van der Waals surface area contributed by atoms with Gasteiger partial charge in [-0.2, -0.15) is 0 Å². The Balaban J connectivity index is 2.61. The number of benzene rings is 1. The summed E-state index contributed by atoms with van der Waals surface area (Å²) in [5.74, 6) is 0.00986. The van der Waals surface area contributed by atoms with Crippen LogP contribution in [0.5, 0.6) is 0 Å². The van der Waals surface area contributed by atoms with Crippen LogP contribution in [-0.4, -0.2) is 11.8 Å². The molecule has 0 saturated heterocycles. The first-order chi connectivity index (χ1) is 7.09. The van der Waals surface area contributed by atoms with Crippen LogP contribution < -0.4 is 5.32 Å². The molecular weight excluding hydrogens is 254 g/mol. The SMILES string of the molecule is CC(C)N/C=C\C(=O)c1ccc(Br)cc1. The monoisotopic (exact) mass is 267 g/mol. The lowest BCUT2D eigenvalue weighted by molar-refractivity contribution is 0.104. The molecule has 0 bridgehead atoms. The van der Waals surface area contributed by atoms with E-state index in [1.165, 1.54) is 0 Å². The molecular formula is C12H14BrNO. The van der Waals surface area contributed by atoms with Crippen LogP contribution in [0.4, 0.5) is 0 Å². The van der Waals surface area contributed by atoms with Gasteiger partial charge in [0, 0.05) is 28.4 Å². The van der Waals surface area contributed by atoms with E-state index in [-0.39, 0.29) is 5.78 Å². The number of nitrogens with one attached hydrogen (secondary N) is 1. The number of allylic oxidation sites excluding steroid dienone is 1. The van der Waals surface area contributed by atoms with Crippen LogP contribution in [0.25, 0.3) is 0 Å². The van der Waals surface area contributed by atoms with E-state index in [2.05, 4.69) is 21.2 Å². The molecule has 1 rings (SSSR count). The van der Waals surface area contributed by atoms with E-state index in [0.29, 0.717) is 11.6 Å². The van der Waals surface area contributed by atoms with Crippen molar-refractivity contribution in [2.75, 3.05) is 0 Å². The fraction of sp³-hybridized carbons (Fsp3) is 0.250. The first-order valence-electron chi connectivity index (χ1n) is 4.82. The van der Waals surface area contributed by atoms with Gasteiger partial charge in [-0.05, 0) is 38.1 Å². The van der Waals surface area contributed by atoms with Crippen molar-refractivity contribution >= 4 is 21.7 Å². The predicted molar refractivity (Wildman–Crippen MR) is 65.9 cm³/mol. The average molecular weight is 268 g/mol. The minimum absolute atomic E-state index is 0.00986. The zero-order chi connectivity index (χ0) is 11.3. The number of carbonyl (C=O) groups is 1. The number of rotatable bonds is 4. The molecule has 0 spiro atoms. The van der Waals surface area contributed by atoms with Crippen molar-refractivity contribution in [3.8, 4) is 0 Å². The van der Waals surface area contributed by atoms with Crippen molar-refractivity contribution in [1.82, 2.24) is 5.32 Å². The van der Waals surface area contributed by atoms with Gasteiger partial charge in [0.15, 0.2) is 5.78 Å². The number of carbonyl (C=O) groups excluding carboxylic acids is 1. The second kappa shape index (κ2) is 5.71. The van der Waals surface area contributed by atoms with Gasteiger partial charge in [0.1, 0.15) is 0 Å². The largest absolute Gasteiger partial charge is 0.389 e. The quantitative estimate of drug-likeness (QED) is 0.671. The fourth-order valence-electron chi connectivity index (χ4n) is 1.03. The minimum Gasteiger partial charge on any atom is -0.389 e. The lowest BCUT2D eigenvalue weighted by Gasteiger charge is -2.02. The molecule has 0 aromatic heterocycles. The summed E-state index contributed by atoms with van der Waals surface area (Å²) in [4.78, 5) is 11.6. The van der Waals surface area contributed by atoms with Gasteiger partial charge in [0.05, 0.1) is 0 Å². The van der Waals surface area contributed by atoms with Gasteiger partial charge in [-0.3, -0.25) is 4.79 Å². The molecule has 0 aliphatic heterocycles. The Morgan fingerprint density at radius 3 is 2.47 bits per heavy atom. The molecule has 0 radical (unpaired) electrons. The van der Waals surface area contributed by atoms with Gasteiger partial charge in [-0.1, -0.05) is 15.9 Å². The summed E-state index contributed by atoms with van der Waals surface area (Å²) in [6.45, 7) is 4.04. The highest BCUT2D eigenvalue weighted by Gasteiger charge is 2.00. The second-order valence-electron chi connectivity index (χ2n) is 3.53. The molecule has 0 aliphatic rings. The van der Waals surface area contributed by atoms with Crippen LogP contribution in [0.3, 0.4) is 0 Å². The Bertz CT molecular complexity index is 354. The number of ketones is 1. The summed E-state index contributed by atoms with van der Waals surface area (Å²) in [5.41, 5.74) is 0.694. The van der Waals surface area contributed by atoms with Crippen LogP contribution in [-0.2, 0) is 0 Å². The number of hydrogen-bond donors (Lipinski definition) is 1. The highest BCUT2D eigenvalue weighted by atomic mass is 79.9. The van der Waals surface area contributed by atoms with Crippen molar-refractivity contribution in [3.05, 3.63) is 46.6 Å². The normalized spacial score (nSPS) is 10.9. The van der Waals surface area contributed by atoms with E-state index < -0.39 is 0 Å². The summed E-state index contributed by atoms with van der Waals surface area (Å²) in [6.07, 6.45) is 3.23. The molecule has 1 aromatic rings. The zero-order valence-electron chi connectivity index (χ0n) is 8.83. The van der Waals surface area contributed by atoms with Gasteiger partial charge < -0.3 is 5.32 Å². The van der Waals surface area contributed by atoms with E-state index in [1.54, 1.807) is 24.4 Å². The van der Waals surface area contributed by atoms with E-state index >= 15 is 0 Å². The third-order valence-corrected chi connectivity index (χ3v) is 2.32. The molecule has 0 atom stereocenters. The molecule has 0 fully saturated rings. The van der Waals surface area contributed by atoms with Crippen LogP contribution in [0.15, 0.2) is 41.0 Å². The molecule has 0 amide bonds. The van der Waals surface area contributed by atoms with E-state index in [0.717, 1.165) is 4.47 Å². The predicted octanol–water partition coefficient (Wildman–Crippen LogP) is 3.14. The Kier molecular flexibility index (Phi) is 4.56. The Morgan fingerprint density at radius 2 is 1.93 bits per heavy atom. The molecule has 0 saturated carbocycles. The zero-order valence-corrected chi connectivity index (χ0v) is 10.4. The van der Waals surface area contributed by atoms with Crippen molar-refractivity contribution in [3.63, 3.8) is 0 Å². The average Bonchev–Trinajstić information content (AvgIpc) is 2.18. The fourth-order valence-corrected chi connectivity index (χ4v) is 1.29. The van der Waals surface area contributed by atoms with Gasteiger partial charge in [0.2, 0.25) is 0 Å². The van der Waals surface area contributed by atoms with Crippen LogP contribution >= 0.6 is 15.9 Å². The standard InChI is InChI=1S/C12H14BrNO/c1-9(2)14-8-7-12(15)10-3-5-11(13)6-4-10/h3-9,14H,1-2H3/b8-7-. The van der Waals surface area contributed by atoms with Crippen LogP contribution in [0, 0.1) is 0 Å². The summed E-state index contributed by atoms with van der Waals surface area (Å²) in [6, 6.07) is 7.66. The first-order valence-corrected chi connectivity index (χ1v) is 5.61. The van der Waals surface area contributed by atoms with E-state index in [9.17, 15) is 4.79 Å². The van der Waals surface area contributed by atoms with Gasteiger partial charge in [0.25, 0.3) is 0 Å². The lowest BCUT2D eigenvalue weighted by Crippen LogP contribution is -2.15. The van der Waals surface area contributed by atoms with Gasteiger partial charge in [-0.15, -0.1) is 0 Å². The summed E-state index contributed by atoms with van der Waals surface area (Å²) < 4.78 is 0.975. The van der Waals surface area contributed by atoms with Crippen molar-refractivity contribution < 1.29 is 4.79 Å². The Morgan fingerprint density at radius 1 is 1.33 bits per heavy atom. The van der Waals surface area contributed by atoms with Crippen LogP contribution in [0.1, 0.15) is 24.2 Å². The third-order valence-electron chi connectivity index (χ3n) is 1.79. The lowest BCUT2D eigenvalue weighted by atomic mass is 10.1. The molecule has 0 unspecified atom stereocenters. The number of halogens is 1. The van der Waals surface area contributed by atoms with Crippen molar-refractivity contribution in [2.24, 2.45) is 0 Å². The second-order valence-corrected chi connectivity index (χ2v) is 4.44. The topological polar surface area (TPSA) is 29.1 Å². The Hall–Kier alpha value is -1.09. The number of hydrogen-bond acceptors (Lipinski definition) is 2. The molecule has 15 heavy (non-hydrogen) atoms. The maximum atomic E-state index is 11.6. The van der Waals surface area contributed by atoms with E-state index in [1.807, 2.05) is 26.0 Å². The first kappa shape index (κ1) is 12.0. The highest BCUT2D eigenvalue weighted by Crippen LogP contribution is 2.11. The van der Waals surface area contributed by atoms with Crippen LogP contribution in [0.2, 0.25) is 0 Å². The minimum atomic E-state index is 0.00986. The summed E-state index contributed by atoms with van der Waals surface area (Å²) in [7, 11) is 0. The van der Waals surface area contributed by atoms with Crippen molar-refractivity contribution in [2.45, 2.75) is 19.9 Å².